The molecule has 0 aromatic carbocycles. The van der Waals surface area contributed by atoms with Crippen LogP contribution < -0.4 is 0 Å². The Morgan fingerprint density at radius 2 is 0.667 bits per heavy atom. The average Bonchev–Trinajstić information content (AvgIpc) is 1.50. The summed E-state index contributed by atoms with van der Waals surface area (Å²) in [6.45, 7) is 10.0. The van der Waals surface area contributed by atoms with Crippen LogP contribution in [0.5, 0.6) is 0 Å². The largest absolute Gasteiger partial charge is 3.00 e. The standard InChI is InChI=1S/2C2H5.3CH4.CH3.Y/c2*1-2;;;;;/h2*1H2,2H3;3*1H4;1H3;/q2*-1;;;;-1;+3. The van der Waals surface area contributed by atoms with Gasteiger partial charge in [-0.15, -0.1) is 0 Å². The summed E-state index contributed by atoms with van der Waals surface area (Å²) in [4.78, 5) is 0. The van der Waals surface area contributed by atoms with Crippen molar-refractivity contribution < 1.29 is 32.7 Å². The molecule has 0 spiro atoms. The van der Waals surface area contributed by atoms with Crippen molar-refractivity contribution in [2.24, 2.45) is 0 Å². The van der Waals surface area contributed by atoms with Gasteiger partial charge in [0.2, 0.25) is 0 Å². The molecule has 0 heterocycles. The summed E-state index contributed by atoms with van der Waals surface area (Å²) in [6.07, 6.45) is 0. The second kappa shape index (κ2) is 491. The number of rotatable bonds is 0. The van der Waals surface area contributed by atoms with Crippen LogP contribution in [0.25, 0.3) is 0 Å². The first-order valence-electron chi connectivity index (χ1n) is 1.41. The normalized spacial score (nSPS) is 1.33. The Morgan fingerprint density at radius 3 is 0.667 bits per heavy atom. The van der Waals surface area contributed by atoms with Crippen molar-refractivity contribution in [3.63, 3.8) is 0 Å². The van der Waals surface area contributed by atoms with Gasteiger partial charge in [-0.3, -0.25) is 0 Å². The molecule has 0 amide bonds. The molecule has 0 aromatic heterocycles. The first-order valence-corrected chi connectivity index (χ1v) is 1.41. The topological polar surface area (TPSA) is 0 Å². The van der Waals surface area contributed by atoms with E-state index in [1.54, 1.807) is 13.8 Å². The smallest absolute Gasteiger partial charge is 0.358 e. The third-order valence-corrected chi connectivity index (χ3v) is 0. The monoisotopic (exact) mass is 210 g/mol. The van der Waals surface area contributed by atoms with Crippen molar-refractivity contribution in [3.05, 3.63) is 21.3 Å². The zero-order valence-electron chi connectivity index (χ0n) is 4.99. The minimum Gasteiger partial charge on any atom is -0.358 e. The molecule has 0 unspecified atom stereocenters. The molecule has 0 fully saturated rings. The summed E-state index contributed by atoms with van der Waals surface area (Å²) in [6, 6.07) is 0. The summed E-state index contributed by atoms with van der Waals surface area (Å²) < 4.78 is 0. The van der Waals surface area contributed by atoms with E-state index in [4.69, 9.17) is 0 Å². The average molecular weight is 210 g/mol. The van der Waals surface area contributed by atoms with Gasteiger partial charge in [0.15, 0.2) is 0 Å². The maximum atomic E-state index is 3.25. The molecule has 0 atom stereocenters. The maximum absolute atomic E-state index is 3.25. The molecule has 0 rings (SSSR count). The van der Waals surface area contributed by atoms with E-state index >= 15 is 0 Å². The molecule has 0 aliphatic heterocycles. The van der Waals surface area contributed by atoms with E-state index in [0.717, 1.165) is 0 Å². The van der Waals surface area contributed by atoms with Gasteiger partial charge < -0.3 is 21.3 Å². The van der Waals surface area contributed by atoms with Crippen LogP contribution >= 0.6 is 0 Å². The van der Waals surface area contributed by atoms with Crippen LogP contribution in [0, 0.1) is 21.3 Å². The fourth-order valence-corrected chi connectivity index (χ4v) is 0. The molecule has 0 N–H and O–H groups in total. The minimum absolute atomic E-state index is 0. The molecule has 1 heteroatoms. The van der Waals surface area contributed by atoms with Gasteiger partial charge in [0.25, 0.3) is 0 Å². The van der Waals surface area contributed by atoms with Gasteiger partial charge in [-0.05, 0) is 0 Å². The van der Waals surface area contributed by atoms with E-state index in [1.807, 2.05) is 0 Å². The van der Waals surface area contributed by atoms with Gasteiger partial charge in [0.05, 0.1) is 0 Å². The van der Waals surface area contributed by atoms with E-state index in [2.05, 4.69) is 13.8 Å². The molecule has 0 saturated heterocycles. The Hall–Kier alpha value is 1.10. The molecule has 9 heavy (non-hydrogen) atoms. The summed E-state index contributed by atoms with van der Waals surface area (Å²) in [7, 11) is 0. The Bertz CT molecular complexity index is 4.53. The zero-order chi connectivity index (χ0) is 4.00. The molecule has 0 aliphatic rings. The van der Waals surface area contributed by atoms with Crippen molar-refractivity contribution in [2.75, 3.05) is 0 Å². The van der Waals surface area contributed by atoms with Crippen LogP contribution in [0.15, 0.2) is 0 Å². The van der Waals surface area contributed by atoms with Crippen LogP contribution in [0.4, 0.5) is 0 Å². The van der Waals surface area contributed by atoms with Gasteiger partial charge in [-0.1, -0.05) is 22.3 Å². The van der Waals surface area contributed by atoms with Gasteiger partial charge in [-0.25, -0.2) is 0 Å². The van der Waals surface area contributed by atoms with Crippen molar-refractivity contribution in [2.45, 2.75) is 36.1 Å². The Kier molecular flexibility index (Phi) is 4740. The van der Waals surface area contributed by atoms with Crippen molar-refractivity contribution in [1.82, 2.24) is 0 Å². The Labute approximate surface area is 89.7 Å². The van der Waals surface area contributed by atoms with Crippen LogP contribution in [0.1, 0.15) is 36.1 Å². The minimum atomic E-state index is 0. The van der Waals surface area contributed by atoms with Gasteiger partial charge in [-0.2, -0.15) is 13.8 Å². The molecule has 0 nitrogen and oxygen atoms in total. The fraction of sp³-hybridized carbons (Fsp3) is 0.625. The third kappa shape index (κ3) is 377. The number of hydrogen-bond acceptors (Lipinski definition) is 0. The Balaban J connectivity index is -0.00000000114. The second-order valence-corrected chi connectivity index (χ2v) is 0. The Morgan fingerprint density at radius 1 is 0.667 bits per heavy atom. The van der Waals surface area contributed by atoms with E-state index < -0.39 is 0 Å². The molecular formula is C8H25Y. The molecule has 0 aliphatic carbocycles. The molecule has 60 valence electrons. The summed E-state index contributed by atoms with van der Waals surface area (Å²) in [5, 5.41) is 0. The van der Waals surface area contributed by atoms with Crippen molar-refractivity contribution >= 4 is 0 Å². The molecular weight excluding hydrogens is 185 g/mol. The summed E-state index contributed by atoms with van der Waals surface area (Å²) in [5.41, 5.74) is 0. The number of hydrogen-bond donors (Lipinski definition) is 0. The second-order valence-electron chi connectivity index (χ2n) is 0. The predicted molar refractivity (Wildman–Crippen MR) is 48.7 cm³/mol. The SMILES string of the molecule is C.C.C.[CH2-]C.[CH2-]C.[CH3-].[Y+3]. The van der Waals surface area contributed by atoms with E-state index in [1.165, 1.54) is 0 Å². The third-order valence-electron chi connectivity index (χ3n) is 0. The fourth-order valence-electron chi connectivity index (χ4n) is 0. The van der Waals surface area contributed by atoms with Crippen LogP contribution in [-0.4, -0.2) is 0 Å². The van der Waals surface area contributed by atoms with Gasteiger partial charge in [0.1, 0.15) is 0 Å². The van der Waals surface area contributed by atoms with E-state index in [9.17, 15) is 0 Å². The van der Waals surface area contributed by atoms with Gasteiger partial charge in [0, 0.05) is 0 Å². The van der Waals surface area contributed by atoms with E-state index in [-0.39, 0.29) is 62.4 Å². The first kappa shape index (κ1) is 86.9. The van der Waals surface area contributed by atoms with Crippen LogP contribution in [-0.2, 0) is 32.7 Å². The zero-order valence-corrected chi connectivity index (χ0v) is 7.83. The molecule has 0 bridgehead atoms. The summed E-state index contributed by atoms with van der Waals surface area (Å²) in [5.74, 6) is 0. The van der Waals surface area contributed by atoms with Gasteiger partial charge >= 0.3 is 32.7 Å². The van der Waals surface area contributed by atoms with Crippen molar-refractivity contribution in [1.29, 1.82) is 0 Å². The molecule has 0 saturated carbocycles. The van der Waals surface area contributed by atoms with Crippen LogP contribution in [0.3, 0.4) is 0 Å². The molecule has 0 aromatic rings. The molecule has 0 radical (unpaired) electrons. The predicted octanol–water partition coefficient (Wildman–Crippen LogP) is 4.04. The summed E-state index contributed by atoms with van der Waals surface area (Å²) >= 11 is 0. The van der Waals surface area contributed by atoms with E-state index in [0.29, 0.717) is 0 Å². The first-order chi connectivity index (χ1) is 2.00. The quantitative estimate of drug-likeness (QED) is 0.529. The van der Waals surface area contributed by atoms with Crippen LogP contribution in [0.2, 0.25) is 0 Å². The maximum Gasteiger partial charge on any atom is 3.00 e. The van der Waals surface area contributed by atoms with Crippen molar-refractivity contribution in [3.8, 4) is 0 Å².